The summed E-state index contributed by atoms with van der Waals surface area (Å²) >= 11 is 0. The van der Waals surface area contributed by atoms with Gasteiger partial charge in [-0.3, -0.25) is 0 Å². The lowest BCUT2D eigenvalue weighted by Crippen LogP contribution is -2.36. The highest BCUT2D eigenvalue weighted by atomic mass is 15.2. The summed E-state index contributed by atoms with van der Waals surface area (Å²) in [7, 11) is 2.09. The minimum atomic E-state index is 0.697. The minimum Gasteiger partial charge on any atom is -0.372 e. The molecule has 1 atom stereocenters. The molecule has 0 fully saturated rings. The van der Waals surface area contributed by atoms with Crippen molar-refractivity contribution in [3.63, 3.8) is 0 Å². The van der Waals surface area contributed by atoms with Crippen molar-refractivity contribution in [3.8, 4) is 0 Å². The van der Waals surface area contributed by atoms with Crippen molar-refractivity contribution in [2.75, 3.05) is 20.1 Å². The molecule has 0 aliphatic heterocycles. The third kappa shape index (κ3) is 24.7. The SMILES string of the molecule is C=C(CCC)CCCCCCCCC(CCCCCCCCC)N(CCCNC)C(=C)CCCCCCCC. The molecule has 2 heteroatoms. The number of nitrogens with one attached hydrogen (secondary N) is 1. The molecule has 1 unspecified atom stereocenters. The zero-order chi connectivity index (χ0) is 28.8. The third-order valence-electron chi connectivity index (χ3n) is 8.55. The molecular formula is C37H74N2. The van der Waals surface area contributed by atoms with Gasteiger partial charge in [0.15, 0.2) is 0 Å². The predicted octanol–water partition coefficient (Wildman–Crippen LogP) is 12.1. The van der Waals surface area contributed by atoms with Gasteiger partial charge in [0.1, 0.15) is 0 Å². The maximum atomic E-state index is 4.67. The van der Waals surface area contributed by atoms with Gasteiger partial charge >= 0.3 is 0 Å². The van der Waals surface area contributed by atoms with Crippen LogP contribution in [0.2, 0.25) is 0 Å². The zero-order valence-electron chi connectivity index (χ0n) is 27.7. The first-order valence-corrected chi connectivity index (χ1v) is 17.9. The lowest BCUT2D eigenvalue weighted by molar-refractivity contribution is 0.209. The van der Waals surface area contributed by atoms with E-state index in [0.717, 1.165) is 6.54 Å². The smallest absolute Gasteiger partial charge is 0.0286 e. The van der Waals surface area contributed by atoms with Gasteiger partial charge in [-0.25, -0.2) is 0 Å². The first-order valence-electron chi connectivity index (χ1n) is 17.9. The van der Waals surface area contributed by atoms with E-state index in [4.69, 9.17) is 0 Å². The molecule has 2 nitrogen and oxygen atoms in total. The molecule has 0 aromatic heterocycles. The van der Waals surface area contributed by atoms with E-state index in [1.807, 2.05) is 0 Å². The lowest BCUT2D eigenvalue weighted by atomic mass is 9.97. The van der Waals surface area contributed by atoms with Crippen LogP contribution in [0, 0.1) is 0 Å². The molecule has 0 radical (unpaired) electrons. The Morgan fingerprint density at radius 1 is 0.538 bits per heavy atom. The Morgan fingerprint density at radius 3 is 1.49 bits per heavy atom. The highest BCUT2D eigenvalue weighted by Gasteiger charge is 2.19. The van der Waals surface area contributed by atoms with E-state index in [-0.39, 0.29) is 0 Å². The molecule has 232 valence electrons. The third-order valence-corrected chi connectivity index (χ3v) is 8.55. The fraction of sp³-hybridized carbons (Fsp3) is 0.892. The summed E-state index contributed by atoms with van der Waals surface area (Å²) in [6.07, 6.45) is 35.3. The number of rotatable bonds is 32. The average Bonchev–Trinajstić information content (AvgIpc) is 2.93. The number of nitrogens with zero attached hydrogens (tertiary/aromatic N) is 1. The van der Waals surface area contributed by atoms with Crippen molar-refractivity contribution >= 4 is 0 Å². The molecule has 0 aliphatic carbocycles. The van der Waals surface area contributed by atoms with Gasteiger partial charge in [0.25, 0.3) is 0 Å². The average molecular weight is 547 g/mol. The van der Waals surface area contributed by atoms with E-state index in [1.165, 1.54) is 185 Å². The second kappa shape index (κ2) is 30.2. The standard InChI is InChI=1S/C37H74N2/c1-7-10-12-14-16-21-25-31-37(32-26-22-18-17-19-23-29-35(4)28-9-3)39(34-27-33-38-6)36(5)30-24-20-15-13-11-8-2/h37-38H,4-5,7-34H2,1-3,6H3. The predicted molar refractivity (Wildman–Crippen MR) is 180 cm³/mol. The number of hydrogen-bond acceptors (Lipinski definition) is 2. The van der Waals surface area contributed by atoms with Crippen molar-refractivity contribution in [1.82, 2.24) is 10.2 Å². The van der Waals surface area contributed by atoms with Crippen LogP contribution in [0.5, 0.6) is 0 Å². The fourth-order valence-electron chi connectivity index (χ4n) is 6.01. The summed E-state index contributed by atoms with van der Waals surface area (Å²) < 4.78 is 0. The number of hydrogen-bond donors (Lipinski definition) is 1. The van der Waals surface area contributed by atoms with Crippen molar-refractivity contribution in [1.29, 1.82) is 0 Å². The van der Waals surface area contributed by atoms with Gasteiger partial charge in [-0.15, -0.1) is 0 Å². The Balaban J connectivity index is 4.75. The van der Waals surface area contributed by atoms with Crippen LogP contribution in [-0.4, -0.2) is 31.1 Å². The summed E-state index contributed by atoms with van der Waals surface area (Å²) in [5, 5.41) is 3.38. The Morgan fingerprint density at radius 2 is 1.00 bits per heavy atom. The van der Waals surface area contributed by atoms with Crippen molar-refractivity contribution in [2.24, 2.45) is 0 Å². The normalized spacial score (nSPS) is 12.1. The fourth-order valence-corrected chi connectivity index (χ4v) is 6.01. The maximum Gasteiger partial charge on any atom is 0.0286 e. The Hall–Kier alpha value is -0.760. The van der Waals surface area contributed by atoms with Crippen LogP contribution in [0.1, 0.15) is 188 Å². The van der Waals surface area contributed by atoms with Crippen LogP contribution in [0.15, 0.2) is 24.4 Å². The Labute approximate surface area is 248 Å². The lowest BCUT2D eigenvalue weighted by Gasteiger charge is -2.36. The van der Waals surface area contributed by atoms with E-state index in [2.05, 4.69) is 51.2 Å². The molecule has 0 saturated heterocycles. The van der Waals surface area contributed by atoms with Crippen LogP contribution in [0.3, 0.4) is 0 Å². The van der Waals surface area contributed by atoms with E-state index in [1.54, 1.807) is 0 Å². The summed E-state index contributed by atoms with van der Waals surface area (Å²) in [6.45, 7) is 18.1. The van der Waals surface area contributed by atoms with Crippen molar-refractivity contribution in [2.45, 2.75) is 194 Å². The van der Waals surface area contributed by atoms with E-state index < -0.39 is 0 Å². The van der Waals surface area contributed by atoms with Crippen LogP contribution < -0.4 is 5.32 Å². The van der Waals surface area contributed by atoms with Gasteiger partial charge in [-0.2, -0.15) is 0 Å². The second-order valence-electron chi connectivity index (χ2n) is 12.5. The van der Waals surface area contributed by atoms with E-state index >= 15 is 0 Å². The molecule has 0 aliphatic rings. The number of unbranched alkanes of at least 4 members (excludes halogenated alkanes) is 16. The summed E-state index contributed by atoms with van der Waals surface area (Å²) in [4.78, 5) is 2.78. The Bertz CT molecular complexity index is 526. The second-order valence-corrected chi connectivity index (χ2v) is 12.5. The summed E-state index contributed by atoms with van der Waals surface area (Å²) in [6, 6.07) is 0.697. The van der Waals surface area contributed by atoms with Crippen LogP contribution in [-0.2, 0) is 0 Å². The molecule has 39 heavy (non-hydrogen) atoms. The molecule has 0 bridgehead atoms. The van der Waals surface area contributed by atoms with Crippen LogP contribution in [0.4, 0.5) is 0 Å². The molecule has 0 aromatic rings. The van der Waals surface area contributed by atoms with Crippen molar-refractivity contribution < 1.29 is 0 Å². The van der Waals surface area contributed by atoms with Crippen LogP contribution >= 0.6 is 0 Å². The monoisotopic (exact) mass is 547 g/mol. The highest BCUT2D eigenvalue weighted by Crippen LogP contribution is 2.25. The molecule has 0 amide bonds. The summed E-state index contributed by atoms with van der Waals surface area (Å²) in [5.41, 5.74) is 2.90. The molecule has 0 spiro atoms. The maximum absolute atomic E-state index is 4.67. The molecule has 0 saturated carbocycles. The molecule has 0 aromatic carbocycles. The molecule has 0 rings (SSSR count). The van der Waals surface area contributed by atoms with Gasteiger partial charge in [0.05, 0.1) is 0 Å². The van der Waals surface area contributed by atoms with Gasteiger partial charge in [-0.05, 0) is 65.0 Å². The zero-order valence-corrected chi connectivity index (χ0v) is 27.7. The van der Waals surface area contributed by atoms with E-state index in [9.17, 15) is 0 Å². The van der Waals surface area contributed by atoms with Gasteiger partial charge in [0, 0.05) is 18.3 Å². The first kappa shape index (κ1) is 38.2. The van der Waals surface area contributed by atoms with Gasteiger partial charge in [0.2, 0.25) is 0 Å². The van der Waals surface area contributed by atoms with Crippen molar-refractivity contribution in [3.05, 3.63) is 24.4 Å². The topological polar surface area (TPSA) is 15.3 Å². The number of allylic oxidation sites excluding steroid dienone is 2. The molecule has 1 N–H and O–H groups in total. The molecular weight excluding hydrogens is 472 g/mol. The summed E-state index contributed by atoms with van der Waals surface area (Å²) in [5.74, 6) is 0. The Kier molecular flexibility index (Phi) is 29.6. The largest absolute Gasteiger partial charge is 0.372 e. The quantitative estimate of drug-likeness (QED) is 0.0666. The van der Waals surface area contributed by atoms with Gasteiger partial charge in [-0.1, -0.05) is 155 Å². The van der Waals surface area contributed by atoms with Gasteiger partial charge < -0.3 is 10.2 Å². The molecule has 0 heterocycles. The highest BCUT2D eigenvalue weighted by molar-refractivity contribution is 4.97. The van der Waals surface area contributed by atoms with E-state index in [0.29, 0.717) is 6.04 Å². The van der Waals surface area contributed by atoms with Crippen LogP contribution in [0.25, 0.3) is 0 Å². The minimum absolute atomic E-state index is 0.697. The first-order chi connectivity index (χ1) is 19.1.